The molecule has 3 rings (SSSR count). The van der Waals surface area contributed by atoms with Gasteiger partial charge in [0.1, 0.15) is 10.8 Å². The summed E-state index contributed by atoms with van der Waals surface area (Å²) in [5.74, 6) is 0.885. The second-order valence-electron chi connectivity index (χ2n) is 4.64. The van der Waals surface area contributed by atoms with Gasteiger partial charge in [0.15, 0.2) is 0 Å². The summed E-state index contributed by atoms with van der Waals surface area (Å²) in [5, 5.41) is 1.02. The van der Waals surface area contributed by atoms with Crippen molar-refractivity contribution in [1.29, 1.82) is 0 Å². The number of methoxy groups -OCH3 is 1. The summed E-state index contributed by atoms with van der Waals surface area (Å²) in [5.41, 5.74) is 4.61. The number of benzene rings is 2. The molecule has 1 aromatic heterocycles. The van der Waals surface area contributed by atoms with Gasteiger partial charge in [-0.25, -0.2) is 4.98 Å². The summed E-state index contributed by atoms with van der Waals surface area (Å²) >= 11 is 1.72. The van der Waals surface area contributed by atoms with E-state index in [-0.39, 0.29) is 0 Å². The highest BCUT2D eigenvalue weighted by Gasteiger charge is 2.13. The largest absolute Gasteiger partial charge is 0.496 e. The number of nitrogens with zero attached hydrogens (tertiary/aromatic N) is 1. The molecule has 0 bridgehead atoms. The normalized spacial score (nSPS) is 10.9. The highest BCUT2D eigenvalue weighted by molar-refractivity contribution is 7.21. The molecule has 0 saturated heterocycles. The van der Waals surface area contributed by atoms with Gasteiger partial charge in [0.2, 0.25) is 0 Å². The molecule has 0 radical (unpaired) electrons. The van der Waals surface area contributed by atoms with E-state index in [4.69, 9.17) is 9.72 Å². The Morgan fingerprint density at radius 1 is 1.11 bits per heavy atom. The first kappa shape index (κ1) is 12.2. The van der Waals surface area contributed by atoms with Gasteiger partial charge in [0.25, 0.3) is 0 Å². The van der Waals surface area contributed by atoms with Gasteiger partial charge in [-0.15, -0.1) is 11.3 Å². The average Bonchev–Trinajstić information content (AvgIpc) is 2.80. The molecule has 3 aromatic rings. The summed E-state index contributed by atoms with van der Waals surface area (Å²) in [7, 11) is 1.70. The molecule has 0 saturated carbocycles. The first-order valence-electron chi connectivity index (χ1n) is 6.20. The van der Waals surface area contributed by atoms with Crippen molar-refractivity contribution in [3.63, 3.8) is 0 Å². The fourth-order valence-corrected chi connectivity index (χ4v) is 3.40. The molecular formula is C16H15NOS. The van der Waals surface area contributed by atoms with Crippen LogP contribution in [0.3, 0.4) is 0 Å². The van der Waals surface area contributed by atoms with Crippen molar-refractivity contribution >= 4 is 21.6 Å². The van der Waals surface area contributed by atoms with Crippen molar-refractivity contribution in [3.05, 3.63) is 47.5 Å². The molecule has 2 aromatic carbocycles. The van der Waals surface area contributed by atoms with Crippen molar-refractivity contribution in [2.45, 2.75) is 13.8 Å². The lowest BCUT2D eigenvalue weighted by molar-refractivity contribution is 0.416. The lowest BCUT2D eigenvalue weighted by Crippen LogP contribution is -1.90. The number of aromatic nitrogens is 1. The third-order valence-electron chi connectivity index (χ3n) is 3.21. The van der Waals surface area contributed by atoms with Gasteiger partial charge < -0.3 is 4.74 Å². The van der Waals surface area contributed by atoms with E-state index < -0.39 is 0 Å². The van der Waals surface area contributed by atoms with Gasteiger partial charge in [0.05, 0.1) is 22.9 Å². The van der Waals surface area contributed by atoms with Crippen molar-refractivity contribution in [2.75, 3.05) is 7.11 Å². The first-order chi connectivity index (χ1) is 9.19. The van der Waals surface area contributed by atoms with Gasteiger partial charge >= 0.3 is 0 Å². The molecule has 0 spiro atoms. The molecular weight excluding hydrogens is 254 g/mol. The van der Waals surface area contributed by atoms with E-state index in [1.54, 1.807) is 18.4 Å². The van der Waals surface area contributed by atoms with Crippen LogP contribution in [0.25, 0.3) is 20.8 Å². The number of aryl methyl sites for hydroxylation is 2. The minimum atomic E-state index is 0.885. The fourth-order valence-electron chi connectivity index (χ4n) is 2.22. The molecule has 0 aliphatic carbocycles. The maximum absolute atomic E-state index is 5.47. The minimum Gasteiger partial charge on any atom is -0.496 e. The molecule has 19 heavy (non-hydrogen) atoms. The molecule has 0 unspecified atom stereocenters. The van der Waals surface area contributed by atoms with Crippen LogP contribution < -0.4 is 4.74 Å². The van der Waals surface area contributed by atoms with Gasteiger partial charge in [-0.05, 0) is 43.2 Å². The number of hydrogen-bond acceptors (Lipinski definition) is 3. The van der Waals surface area contributed by atoms with E-state index in [0.29, 0.717) is 0 Å². The zero-order chi connectivity index (χ0) is 13.4. The first-order valence-corrected chi connectivity index (χ1v) is 7.02. The van der Waals surface area contributed by atoms with Crippen LogP contribution in [0, 0.1) is 13.8 Å². The van der Waals surface area contributed by atoms with E-state index >= 15 is 0 Å². The van der Waals surface area contributed by atoms with Gasteiger partial charge in [0, 0.05) is 0 Å². The SMILES string of the molecule is COc1cccc(C)c1-c1nc2ccc(C)cc2s1. The van der Waals surface area contributed by atoms with Crippen molar-refractivity contribution < 1.29 is 4.74 Å². The molecule has 96 valence electrons. The molecule has 2 nitrogen and oxygen atoms in total. The standard InChI is InChI=1S/C16H15NOS/c1-10-7-8-12-14(9-10)19-16(17-12)15-11(2)5-4-6-13(15)18-3/h4-9H,1-3H3. The van der Waals surface area contributed by atoms with Crippen LogP contribution in [0.2, 0.25) is 0 Å². The van der Waals surface area contributed by atoms with E-state index in [1.165, 1.54) is 15.8 Å². The molecule has 1 heterocycles. The van der Waals surface area contributed by atoms with E-state index in [0.717, 1.165) is 21.8 Å². The van der Waals surface area contributed by atoms with Crippen LogP contribution in [0.1, 0.15) is 11.1 Å². The number of fused-ring (bicyclic) bond motifs is 1. The van der Waals surface area contributed by atoms with Crippen LogP contribution in [-0.4, -0.2) is 12.1 Å². The Morgan fingerprint density at radius 3 is 2.74 bits per heavy atom. The number of rotatable bonds is 2. The monoisotopic (exact) mass is 269 g/mol. The average molecular weight is 269 g/mol. The lowest BCUT2D eigenvalue weighted by Gasteiger charge is -2.08. The highest BCUT2D eigenvalue weighted by atomic mass is 32.1. The van der Waals surface area contributed by atoms with Crippen LogP contribution in [0.4, 0.5) is 0 Å². The summed E-state index contributed by atoms with van der Waals surface area (Å²) in [6.45, 7) is 4.20. The third kappa shape index (κ3) is 2.10. The summed E-state index contributed by atoms with van der Waals surface area (Å²) in [6.07, 6.45) is 0. The van der Waals surface area contributed by atoms with E-state index in [1.807, 2.05) is 12.1 Å². The molecule has 0 N–H and O–H groups in total. The highest BCUT2D eigenvalue weighted by Crippen LogP contribution is 2.37. The van der Waals surface area contributed by atoms with Gasteiger partial charge in [-0.1, -0.05) is 18.2 Å². The van der Waals surface area contributed by atoms with E-state index in [9.17, 15) is 0 Å². The quantitative estimate of drug-likeness (QED) is 0.679. The van der Waals surface area contributed by atoms with E-state index in [2.05, 4.69) is 38.1 Å². The smallest absolute Gasteiger partial charge is 0.129 e. The van der Waals surface area contributed by atoms with Gasteiger partial charge in [-0.2, -0.15) is 0 Å². The molecule has 0 amide bonds. The summed E-state index contributed by atoms with van der Waals surface area (Å²) in [4.78, 5) is 4.73. The zero-order valence-electron chi connectivity index (χ0n) is 11.2. The number of hydrogen-bond donors (Lipinski definition) is 0. The Bertz CT molecular complexity index is 746. The minimum absolute atomic E-state index is 0.885. The Kier molecular flexibility index (Phi) is 2.99. The summed E-state index contributed by atoms with van der Waals surface area (Å²) < 4.78 is 6.69. The Balaban J connectivity index is 2.24. The fraction of sp³-hybridized carbons (Fsp3) is 0.188. The molecule has 0 fully saturated rings. The van der Waals surface area contributed by atoms with Crippen molar-refractivity contribution in [1.82, 2.24) is 4.98 Å². The second-order valence-corrected chi connectivity index (χ2v) is 5.67. The second kappa shape index (κ2) is 4.67. The maximum atomic E-state index is 5.47. The summed E-state index contributed by atoms with van der Waals surface area (Å²) in [6, 6.07) is 12.4. The zero-order valence-corrected chi connectivity index (χ0v) is 12.0. The Morgan fingerprint density at radius 2 is 1.95 bits per heavy atom. The Labute approximate surface area is 116 Å². The molecule has 0 aliphatic rings. The van der Waals surface area contributed by atoms with Gasteiger partial charge in [-0.3, -0.25) is 0 Å². The molecule has 0 atom stereocenters. The maximum Gasteiger partial charge on any atom is 0.129 e. The predicted octanol–water partition coefficient (Wildman–Crippen LogP) is 4.59. The van der Waals surface area contributed by atoms with Crippen LogP contribution in [-0.2, 0) is 0 Å². The van der Waals surface area contributed by atoms with Crippen molar-refractivity contribution in [2.24, 2.45) is 0 Å². The van der Waals surface area contributed by atoms with Crippen LogP contribution in [0.5, 0.6) is 5.75 Å². The number of ether oxygens (including phenoxy) is 1. The topological polar surface area (TPSA) is 22.1 Å². The third-order valence-corrected chi connectivity index (χ3v) is 4.25. The van der Waals surface area contributed by atoms with Crippen LogP contribution in [0.15, 0.2) is 36.4 Å². The van der Waals surface area contributed by atoms with Crippen molar-refractivity contribution in [3.8, 4) is 16.3 Å². The molecule has 0 aliphatic heterocycles. The molecule has 3 heteroatoms. The predicted molar refractivity (Wildman–Crippen MR) is 81.1 cm³/mol. The van der Waals surface area contributed by atoms with Crippen LogP contribution >= 0.6 is 11.3 Å². The number of thiazole rings is 1. The Hall–Kier alpha value is -1.87. The lowest BCUT2D eigenvalue weighted by atomic mass is 10.1.